The van der Waals surface area contributed by atoms with Gasteiger partial charge in [-0.3, -0.25) is 9.80 Å². The van der Waals surface area contributed by atoms with Gasteiger partial charge in [-0.25, -0.2) is 39.8 Å². The van der Waals surface area contributed by atoms with Gasteiger partial charge in [0.1, 0.15) is 0 Å². The predicted molar refractivity (Wildman–Crippen MR) is 96.1 cm³/mol. The number of hydrogen-bond acceptors (Lipinski definition) is 9. The quantitative estimate of drug-likeness (QED) is 0.335. The van der Waals surface area contributed by atoms with Crippen molar-refractivity contribution in [3.05, 3.63) is 0 Å². The van der Waals surface area contributed by atoms with Gasteiger partial charge in [-0.2, -0.15) is 0 Å². The summed E-state index contributed by atoms with van der Waals surface area (Å²) in [6.07, 6.45) is 0. The Labute approximate surface area is 154 Å². The molecule has 0 bridgehead atoms. The third-order valence-electron chi connectivity index (χ3n) is 3.17. The maximum absolute atomic E-state index is 11.1. The molecular weight excluding hydrogens is 420 g/mol. The normalized spacial score (nSPS) is 23.8. The first-order valence-electron chi connectivity index (χ1n) is 7.02. The van der Waals surface area contributed by atoms with E-state index in [0.717, 1.165) is 0 Å². The van der Waals surface area contributed by atoms with E-state index in [2.05, 4.69) is 14.6 Å². The molecule has 0 aliphatic carbocycles. The van der Waals surface area contributed by atoms with E-state index in [1.54, 1.807) is 0 Å². The fourth-order valence-corrected chi connectivity index (χ4v) is 4.24. The average molecular weight is 445 g/mol. The van der Waals surface area contributed by atoms with Gasteiger partial charge in [0.05, 0.1) is 37.3 Å². The molecule has 0 radical (unpaired) electrons. The summed E-state index contributed by atoms with van der Waals surface area (Å²) in [5.41, 5.74) is 4.86. The first kappa shape index (κ1) is 24.9. The van der Waals surface area contributed by atoms with E-state index in [1.165, 1.54) is 0 Å². The second kappa shape index (κ2) is 10.3. The molecule has 6 N–H and O–H groups in total. The predicted octanol–water partition coefficient (Wildman–Crippen LogP) is -4.02. The maximum atomic E-state index is 11.1. The summed E-state index contributed by atoms with van der Waals surface area (Å²) in [4.78, 5) is 3.86. The van der Waals surface area contributed by atoms with Gasteiger partial charge in [-0.15, -0.1) is 12.4 Å². The van der Waals surface area contributed by atoms with E-state index in [4.69, 9.17) is 5.73 Å². The number of primary sulfonamides is 1. The van der Waals surface area contributed by atoms with Crippen LogP contribution >= 0.6 is 12.4 Å². The summed E-state index contributed by atoms with van der Waals surface area (Å²) in [5, 5.41) is 4.54. The van der Waals surface area contributed by atoms with Crippen LogP contribution in [0.5, 0.6) is 0 Å². The zero-order valence-electron chi connectivity index (χ0n) is 13.5. The van der Waals surface area contributed by atoms with E-state index < -0.39 is 30.1 Å². The summed E-state index contributed by atoms with van der Waals surface area (Å²) in [6.45, 7) is 2.16. The highest BCUT2D eigenvalue weighted by molar-refractivity contribution is 7.89. The van der Waals surface area contributed by atoms with Crippen LogP contribution in [0, 0.1) is 0 Å². The van der Waals surface area contributed by atoms with Crippen molar-refractivity contribution in [3.63, 3.8) is 0 Å². The number of hydrogen-bond donors (Lipinski definition) is 4. The van der Waals surface area contributed by atoms with Crippen molar-refractivity contribution in [3.8, 4) is 0 Å². The second-order valence-electron chi connectivity index (χ2n) is 5.33. The third-order valence-corrected chi connectivity index (χ3v) is 6.55. The Morgan fingerprint density at radius 2 is 1.32 bits per heavy atom. The Bertz CT molecular complexity index is 640. The molecule has 0 saturated carbocycles. The zero-order chi connectivity index (χ0) is 18.4. The van der Waals surface area contributed by atoms with Crippen LogP contribution in [0.25, 0.3) is 0 Å². The SMILES string of the molecule is Cl.NCCS(N)(=O)=O.O=S1(=O)CCN(CN2CCS(=O)(=O)NC2)CN1. The minimum absolute atomic E-state index is 0. The summed E-state index contributed by atoms with van der Waals surface area (Å²) in [5.74, 6) is 0.0478. The lowest BCUT2D eigenvalue weighted by atomic mass is 10.5. The Morgan fingerprint density at radius 1 is 0.920 bits per heavy atom. The fraction of sp³-hybridized carbons (Fsp3) is 1.00. The number of sulfonamides is 3. The average Bonchev–Trinajstić information content (AvgIpc) is 2.43. The summed E-state index contributed by atoms with van der Waals surface area (Å²) < 4.78 is 69.3. The molecule has 0 aromatic heterocycles. The molecule has 2 aliphatic heterocycles. The van der Waals surface area contributed by atoms with Crippen molar-refractivity contribution in [2.24, 2.45) is 10.9 Å². The number of nitrogens with one attached hydrogen (secondary N) is 2. The number of halogens is 1. The highest BCUT2D eigenvalue weighted by Crippen LogP contribution is 2.03. The van der Waals surface area contributed by atoms with E-state index >= 15 is 0 Å². The molecule has 2 heterocycles. The first-order chi connectivity index (χ1) is 10.9. The van der Waals surface area contributed by atoms with Crippen LogP contribution in [-0.2, 0) is 30.1 Å². The summed E-state index contributed by atoms with van der Waals surface area (Å²) >= 11 is 0. The van der Waals surface area contributed by atoms with Crippen LogP contribution in [0.2, 0.25) is 0 Å². The summed E-state index contributed by atoms with van der Waals surface area (Å²) in [6, 6.07) is 0. The van der Waals surface area contributed by atoms with Gasteiger partial charge < -0.3 is 5.73 Å². The van der Waals surface area contributed by atoms with Crippen LogP contribution in [-0.4, -0.2) is 92.0 Å². The molecule has 2 rings (SSSR count). The van der Waals surface area contributed by atoms with Crippen molar-refractivity contribution in [2.75, 3.05) is 56.9 Å². The Hall–Kier alpha value is -0.100. The second-order valence-corrected chi connectivity index (χ2v) is 10.9. The molecule has 2 fully saturated rings. The van der Waals surface area contributed by atoms with Gasteiger partial charge in [0.25, 0.3) is 0 Å². The molecule has 12 nitrogen and oxygen atoms in total. The zero-order valence-corrected chi connectivity index (χ0v) is 16.8. The molecule has 0 spiro atoms. The van der Waals surface area contributed by atoms with Gasteiger partial charge in [0.2, 0.25) is 30.1 Å². The molecule has 0 amide bonds. The lowest BCUT2D eigenvalue weighted by molar-refractivity contribution is 0.130. The summed E-state index contributed by atoms with van der Waals surface area (Å²) in [7, 11) is -9.49. The number of nitrogens with zero attached hydrogens (tertiary/aromatic N) is 2. The standard InChI is InChI=1S/C7H16N4O4S2.C2H8N2O2S.ClH/c12-16(13)3-1-10(5-8-16)7-11-2-4-17(14,15)9-6-11;3-1-2-7(4,5)6;/h8-9H,1-7H2;1-3H2,(H2,4,5,6);1H. The molecular formula is C9H25ClN6O6S3. The van der Waals surface area contributed by atoms with Crippen molar-refractivity contribution in [2.45, 2.75) is 0 Å². The third kappa shape index (κ3) is 11.3. The number of rotatable bonds is 4. The Morgan fingerprint density at radius 3 is 1.52 bits per heavy atom. The molecule has 0 unspecified atom stereocenters. The van der Waals surface area contributed by atoms with Gasteiger partial charge in [0, 0.05) is 19.6 Å². The fourth-order valence-electron chi connectivity index (χ4n) is 1.87. The Kier molecular flexibility index (Phi) is 10.2. The van der Waals surface area contributed by atoms with Crippen LogP contribution in [0.3, 0.4) is 0 Å². The molecule has 16 heteroatoms. The van der Waals surface area contributed by atoms with Crippen molar-refractivity contribution in [1.29, 1.82) is 0 Å². The molecule has 0 aromatic carbocycles. The minimum Gasteiger partial charge on any atom is -0.329 e. The van der Waals surface area contributed by atoms with Crippen LogP contribution in [0.15, 0.2) is 0 Å². The molecule has 2 aliphatic rings. The lowest BCUT2D eigenvalue weighted by Crippen LogP contribution is -2.55. The van der Waals surface area contributed by atoms with Crippen molar-refractivity contribution >= 4 is 42.5 Å². The molecule has 2 saturated heterocycles. The highest BCUT2D eigenvalue weighted by atomic mass is 35.5. The molecule has 25 heavy (non-hydrogen) atoms. The van der Waals surface area contributed by atoms with E-state index in [1.807, 2.05) is 9.80 Å². The van der Waals surface area contributed by atoms with Crippen molar-refractivity contribution in [1.82, 2.24) is 19.2 Å². The molecule has 0 atom stereocenters. The van der Waals surface area contributed by atoms with Gasteiger partial charge >= 0.3 is 0 Å². The molecule has 152 valence electrons. The van der Waals surface area contributed by atoms with Gasteiger partial charge in [-0.1, -0.05) is 0 Å². The molecule has 0 aromatic rings. The van der Waals surface area contributed by atoms with E-state index in [9.17, 15) is 25.3 Å². The van der Waals surface area contributed by atoms with E-state index in [-0.39, 0.29) is 49.5 Å². The minimum atomic E-state index is -3.30. The van der Waals surface area contributed by atoms with Crippen LogP contribution in [0.4, 0.5) is 0 Å². The first-order valence-corrected chi connectivity index (χ1v) is 12.0. The highest BCUT2D eigenvalue weighted by Gasteiger charge is 2.25. The maximum Gasteiger partial charge on any atom is 0.213 e. The van der Waals surface area contributed by atoms with Crippen molar-refractivity contribution < 1.29 is 25.3 Å². The Balaban J connectivity index is 0.000000620. The van der Waals surface area contributed by atoms with Gasteiger partial charge in [-0.05, 0) is 0 Å². The topological polar surface area (TPSA) is 185 Å². The monoisotopic (exact) mass is 444 g/mol. The number of nitrogens with two attached hydrogens (primary N) is 2. The smallest absolute Gasteiger partial charge is 0.213 e. The van der Waals surface area contributed by atoms with Crippen LogP contribution < -0.4 is 20.3 Å². The largest absolute Gasteiger partial charge is 0.329 e. The lowest BCUT2D eigenvalue weighted by Gasteiger charge is -2.34. The van der Waals surface area contributed by atoms with Crippen LogP contribution in [0.1, 0.15) is 0 Å². The van der Waals surface area contributed by atoms with E-state index in [0.29, 0.717) is 19.8 Å². The van der Waals surface area contributed by atoms with Gasteiger partial charge in [0.15, 0.2) is 0 Å².